The van der Waals surface area contributed by atoms with E-state index in [2.05, 4.69) is 5.32 Å². The second-order valence-corrected chi connectivity index (χ2v) is 5.17. The lowest BCUT2D eigenvalue weighted by Crippen LogP contribution is -2.41. The van der Waals surface area contributed by atoms with Crippen molar-refractivity contribution >= 4 is 17.7 Å². The summed E-state index contributed by atoms with van der Waals surface area (Å²) in [6, 6.07) is 0.0677. The topological polar surface area (TPSA) is 49.3 Å². The molecule has 3 atom stereocenters. The minimum absolute atomic E-state index is 0.0677. The minimum atomic E-state index is 0.0677. The maximum atomic E-state index is 11.7. The molecule has 0 aromatic heterocycles. The predicted octanol–water partition coefficient (Wildman–Crippen LogP) is 0.873. The Morgan fingerprint density at radius 3 is 2.86 bits per heavy atom. The quantitative estimate of drug-likeness (QED) is 0.735. The van der Waals surface area contributed by atoms with Crippen LogP contribution in [0.4, 0.5) is 0 Å². The van der Waals surface area contributed by atoms with Crippen molar-refractivity contribution < 1.29 is 9.90 Å². The molecule has 1 saturated heterocycles. The van der Waals surface area contributed by atoms with Gasteiger partial charge in [-0.1, -0.05) is 6.92 Å². The van der Waals surface area contributed by atoms with Gasteiger partial charge in [-0.25, -0.2) is 0 Å². The number of rotatable bonds is 4. The summed E-state index contributed by atoms with van der Waals surface area (Å²) >= 11 is 1.84. The second kappa shape index (κ2) is 5.61. The molecule has 0 bridgehead atoms. The van der Waals surface area contributed by atoms with Crippen LogP contribution in [0.2, 0.25) is 0 Å². The van der Waals surface area contributed by atoms with E-state index in [1.54, 1.807) is 0 Å². The predicted molar refractivity (Wildman–Crippen MR) is 59.3 cm³/mol. The number of nitrogens with one attached hydrogen (secondary N) is 1. The van der Waals surface area contributed by atoms with Gasteiger partial charge in [-0.3, -0.25) is 4.79 Å². The Morgan fingerprint density at radius 2 is 2.36 bits per heavy atom. The zero-order valence-electron chi connectivity index (χ0n) is 8.82. The molecule has 0 aliphatic carbocycles. The van der Waals surface area contributed by atoms with Crippen molar-refractivity contribution in [2.75, 3.05) is 18.1 Å². The number of carbonyl (C=O) groups is 1. The molecule has 0 radical (unpaired) electrons. The van der Waals surface area contributed by atoms with Crippen LogP contribution in [0.25, 0.3) is 0 Å². The van der Waals surface area contributed by atoms with E-state index < -0.39 is 0 Å². The smallest absolute Gasteiger partial charge is 0.224 e. The summed E-state index contributed by atoms with van der Waals surface area (Å²) in [6.45, 7) is 4.01. The van der Waals surface area contributed by atoms with E-state index in [9.17, 15) is 4.79 Å². The molecule has 2 N–H and O–H groups in total. The minimum Gasteiger partial charge on any atom is -0.396 e. The highest BCUT2D eigenvalue weighted by atomic mass is 32.2. The van der Waals surface area contributed by atoms with E-state index in [0.717, 1.165) is 17.9 Å². The van der Waals surface area contributed by atoms with Gasteiger partial charge in [-0.15, -0.1) is 0 Å². The summed E-state index contributed by atoms with van der Waals surface area (Å²) in [4.78, 5) is 11.7. The molecule has 3 nitrogen and oxygen atoms in total. The van der Waals surface area contributed by atoms with Crippen LogP contribution >= 0.6 is 11.8 Å². The molecule has 1 aliphatic rings. The molecule has 0 saturated carbocycles. The van der Waals surface area contributed by atoms with Crippen LogP contribution in [0, 0.1) is 11.8 Å². The van der Waals surface area contributed by atoms with Crippen molar-refractivity contribution in [2.45, 2.75) is 26.3 Å². The molecular weight excluding hydrogens is 198 g/mol. The fraction of sp³-hybridized carbons (Fsp3) is 0.900. The van der Waals surface area contributed by atoms with Crippen LogP contribution in [0.5, 0.6) is 0 Å². The molecule has 14 heavy (non-hydrogen) atoms. The molecule has 1 heterocycles. The van der Waals surface area contributed by atoms with Crippen LogP contribution in [0.3, 0.4) is 0 Å². The Hall–Kier alpha value is -0.220. The van der Waals surface area contributed by atoms with Gasteiger partial charge in [0.2, 0.25) is 5.91 Å². The van der Waals surface area contributed by atoms with Crippen LogP contribution in [-0.4, -0.2) is 35.2 Å². The average Bonchev–Trinajstić information content (AvgIpc) is 2.69. The Bertz CT molecular complexity index is 193. The molecule has 1 rings (SSSR count). The fourth-order valence-corrected chi connectivity index (χ4v) is 2.60. The Labute approximate surface area is 89.6 Å². The van der Waals surface area contributed by atoms with Crippen LogP contribution in [0.1, 0.15) is 20.3 Å². The Balaban J connectivity index is 2.31. The first kappa shape index (κ1) is 11.9. The van der Waals surface area contributed by atoms with Crippen LogP contribution in [0.15, 0.2) is 0 Å². The van der Waals surface area contributed by atoms with Gasteiger partial charge in [0.25, 0.3) is 0 Å². The summed E-state index contributed by atoms with van der Waals surface area (Å²) in [5.74, 6) is 2.53. The molecule has 0 aromatic rings. The molecular formula is C10H19NO2S. The second-order valence-electron chi connectivity index (χ2n) is 4.02. The Kier molecular flexibility index (Phi) is 4.75. The van der Waals surface area contributed by atoms with E-state index in [4.69, 9.17) is 5.11 Å². The monoisotopic (exact) mass is 217 g/mol. The lowest BCUT2D eigenvalue weighted by molar-refractivity contribution is -0.125. The van der Waals surface area contributed by atoms with E-state index in [0.29, 0.717) is 0 Å². The first-order valence-electron chi connectivity index (χ1n) is 5.14. The Morgan fingerprint density at radius 1 is 1.64 bits per heavy atom. The van der Waals surface area contributed by atoms with Gasteiger partial charge in [0, 0.05) is 24.3 Å². The van der Waals surface area contributed by atoms with Crippen molar-refractivity contribution in [3.05, 3.63) is 0 Å². The van der Waals surface area contributed by atoms with Crippen molar-refractivity contribution in [1.82, 2.24) is 5.32 Å². The average molecular weight is 217 g/mol. The number of hydrogen-bond donors (Lipinski definition) is 2. The summed E-state index contributed by atoms with van der Waals surface area (Å²) in [7, 11) is 0. The molecule has 0 aromatic carbocycles. The van der Waals surface area contributed by atoms with E-state index >= 15 is 0 Å². The highest BCUT2D eigenvalue weighted by Gasteiger charge is 2.25. The van der Waals surface area contributed by atoms with E-state index in [1.165, 1.54) is 0 Å². The number of aliphatic hydroxyl groups excluding tert-OH is 1. The zero-order chi connectivity index (χ0) is 10.6. The lowest BCUT2D eigenvalue weighted by atomic mass is 10.0. The molecule has 1 amide bonds. The largest absolute Gasteiger partial charge is 0.396 e. The van der Waals surface area contributed by atoms with Gasteiger partial charge in [0.15, 0.2) is 0 Å². The molecule has 3 unspecified atom stereocenters. The van der Waals surface area contributed by atoms with Crippen LogP contribution < -0.4 is 5.32 Å². The van der Waals surface area contributed by atoms with Crippen LogP contribution in [-0.2, 0) is 4.79 Å². The maximum Gasteiger partial charge on any atom is 0.224 e. The number of thioether (sulfide) groups is 1. The van der Waals surface area contributed by atoms with E-state index in [1.807, 2.05) is 25.6 Å². The molecule has 1 fully saturated rings. The summed E-state index contributed by atoms with van der Waals surface area (Å²) in [6.07, 6.45) is 0.997. The first-order chi connectivity index (χ1) is 6.65. The number of aliphatic hydroxyl groups is 1. The van der Waals surface area contributed by atoms with Crippen molar-refractivity contribution in [1.29, 1.82) is 0 Å². The first-order valence-corrected chi connectivity index (χ1v) is 6.29. The van der Waals surface area contributed by atoms with E-state index in [-0.39, 0.29) is 30.4 Å². The molecule has 0 spiro atoms. The zero-order valence-corrected chi connectivity index (χ0v) is 9.64. The number of amides is 1. The fourth-order valence-electron chi connectivity index (χ4n) is 1.38. The normalized spacial score (nSPS) is 25.8. The molecule has 4 heteroatoms. The molecule has 82 valence electrons. The third-order valence-corrected chi connectivity index (χ3v) is 3.97. The van der Waals surface area contributed by atoms with Gasteiger partial charge in [0.05, 0.1) is 0 Å². The van der Waals surface area contributed by atoms with Gasteiger partial charge >= 0.3 is 0 Å². The van der Waals surface area contributed by atoms with Gasteiger partial charge in [-0.05, 0) is 25.0 Å². The van der Waals surface area contributed by atoms with Crippen molar-refractivity contribution in [3.63, 3.8) is 0 Å². The van der Waals surface area contributed by atoms with Crippen molar-refractivity contribution in [3.8, 4) is 0 Å². The number of carbonyl (C=O) groups excluding carboxylic acids is 1. The summed E-state index contributed by atoms with van der Waals surface area (Å²) in [5.41, 5.74) is 0. The lowest BCUT2D eigenvalue weighted by Gasteiger charge is -2.21. The third kappa shape index (κ3) is 3.17. The summed E-state index contributed by atoms with van der Waals surface area (Å²) in [5, 5.41) is 11.9. The van der Waals surface area contributed by atoms with Gasteiger partial charge in [0.1, 0.15) is 0 Å². The highest BCUT2D eigenvalue weighted by Crippen LogP contribution is 2.23. The van der Waals surface area contributed by atoms with Crippen molar-refractivity contribution in [2.24, 2.45) is 11.8 Å². The highest BCUT2D eigenvalue weighted by molar-refractivity contribution is 7.99. The molecule has 1 aliphatic heterocycles. The standard InChI is InChI=1S/C10H19NO2S/c1-7(5-12)8(2)11-10(13)9-3-4-14-6-9/h7-9,12H,3-6H2,1-2H3,(H,11,13). The maximum absolute atomic E-state index is 11.7. The third-order valence-electron chi connectivity index (χ3n) is 2.81. The van der Waals surface area contributed by atoms with Gasteiger partial charge in [-0.2, -0.15) is 11.8 Å². The summed E-state index contributed by atoms with van der Waals surface area (Å²) < 4.78 is 0. The SMILES string of the molecule is CC(CO)C(C)NC(=O)C1CCSC1. The number of hydrogen-bond acceptors (Lipinski definition) is 3. The van der Waals surface area contributed by atoms with Gasteiger partial charge < -0.3 is 10.4 Å².